The molecular weight excluding hydrogens is 241 g/mol. The van der Waals surface area contributed by atoms with E-state index in [2.05, 4.69) is 4.98 Å². The minimum Gasteiger partial charge on any atom is -0.445 e. The molecule has 2 rings (SSSR count). The molecule has 0 radical (unpaired) electrons. The molecule has 0 fully saturated rings. The van der Waals surface area contributed by atoms with Crippen molar-refractivity contribution in [1.82, 2.24) is 4.98 Å². The third-order valence-corrected chi connectivity index (χ3v) is 2.36. The Kier molecular flexibility index (Phi) is 4.59. The van der Waals surface area contributed by atoms with Crippen LogP contribution in [0.2, 0.25) is 0 Å². The van der Waals surface area contributed by atoms with Crippen LogP contribution < -0.4 is 56.8 Å². The van der Waals surface area contributed by atoms with Crippen LogP contribution in [0.15, 0.2) is 30.5 Å². The molecule has 78 valence electrons. The number of hydrogen-bond donors (Lipinski definition) is 0. The smallest absolute Gasteiger partial charge is 0.445 e. The van der Waals surface area contributed by atoms with Gasteiger partial charge in [0.15, 0.2) is 0 Å². The van der Waals surface area contributed by atoms with Gasteiger partial charge in [-0.25, -0.2) is 0 Å². The number of halogens is 3. The van der Waals surface area contributed by atoms with Crippen molar-refractivity contribution >= 4 is 23.3 Å². The monoisotopic (exact) mass is 249 g/mol. The molecule has 6 heteroatoms. The van der Waals surface area contributed by atoms with Crippen molar-refractivity contribution < 1.29 is 64.3 Å². The van der Waals surface area contributed by atoms with E-state index >= 15 is 0 Å². The maximum atomic E-state index is 12.5. The number of nitrogens with zero attached hydrogens (tertiary/aromatic N) is 1. The van der Waals surface area contributed by atoms with Crippen molar-refractivity contribution in [1.29, 1.82) is 0 Å². The van der Waals surface area contributed by atoms with Crippen LogP contribution in [0.3, 0.4) is 0 Å². The summed E-state index contributed by atoms with van der Waals surface area (Å²) in [5.41, 5.74) is 0.833. The van der Waals surface area contributed by atoms with Gasteiger partial charge in [0.1, 0.15) is 0 Å². The first-order chi connectivity index (χ1) is 6.98. The van der Waals surface area contributed by atoms with Crippen LogP contribution in [-0.2, 0) is 0 Å². The Morgan fingerprint density at radius 3 is 2.44 bits per heavy atom. The van der Waals surface area contributed by atoms with E-state index in [-0.39, 0.29) is 51.4 Å². The SMILES string of the molecule is Cc1ccnc2ccc([B-](F)(F)F)cc12.[K+]. The standard InChI is InChI=1S/C10H8BF3N.K/c1-7-4-5-15-10-3-2-8(6-9(7)10)11(12,13)14;/h2-6H,1H3;/q-1;+1. The van der Waals surface area contributed by atoms with Crippen molar-refractivity contribution in [2.24, 2.45) is 0 Å². The van der Waals surface area contributed by atoms with Crippen LogP contribution in [0, 0.1) is 6.92 Å². The van der Waals surface area contributed by atoms with E-state index in [1.54, 1.807) is 19.2 Å². The number of fused-ring (bicyclic) bond motifs is 1. The van der Waals surface area contributed by atoms with E-state index in [0.717, 1.165) is 17.7 Å². The Labute approximate surface area is 134 Å². The summed E-state index contributed by atoms with van der Waals surface area (Å²) < 4.78 is 37.5. The van der Waals surface area contributed by atoms with Crippen LogP contribution >= 0.6 is 0 Å². The topological polar surface area (TPSA) is 12.9 Å². The van der Waals surface area contributed by atoms with Gasteiger partial charge in [0.25, 0.3) is 0 Å². The zero-order chi connectivity index (χ0) is 11.1. The Hall–Kier alpha value is 0.121. The number of hydrogen-bond acceptors (Lipinski definition) is 1. The van der Waals surface area contributed by atoms with Crippen LogP contribution in [0.25, 0.3) is 10.9 Å². The van der Waals surface area contributed by atoms with E-state index in [4.69, 9.17) is 0 Å². The number of aryl methyl sites for hydroxylation is 1. The molecule has 0 unspecified atom stereocenters. The van der Waals surface area contributed by atoms with Crippen LogP contribution in [0.5, 0.6) is 0 Å². The fraction of sp³-hybridized carbons (Fsp3) is 0.100. The Bertz CT molecular complexity index is 513. The average Bonchev–Trinajstić information content (AvgIpc) is 2.16. The predicted octanol–water partition coefficient (Wildman–Crippen LogP) is -0.398. The number of rotatable bonds is 1. The minimum absolute atomic E-state index is 0. The molecular formula is C10H8BF3KN. The number of benzene rings is 1. The third kappa shape index (κ3) is 2.87. The molecule has 0 saturated heterocycles. The Morgan fingerprint density at radius 2 is 1.81 bits per heavy atom. The van der Waals surface area contributed by atoms with Gasteiger partial charge in [-0.2, -0.15) is 0 Å². The summed E-state index contributed by atoms with van der Waals surface area (Å²) in [7, 11) is 0. The van der Waals surface area contributed by atoms with Crippen molar-refractivity contribution in [3.05, 3.63) is 36.0 Å². The molecule has 2 aromatic rings. The Morgan fingerprint density at radius 1 is 1.12 bits per heavy atom. The van der Waals surface area contributed by atoms with E-state index in [1.165, 1.54) is 6.07 Å². The molecule has 0 saturated carbocycles. The van der Waals surface area contributed by atoms with Crippen molar-refractivity contribution in [2.45, 2.75) is 6.92 Å². The van der Waals surface area contributed by atoms with Crippen LogP contribution in [0.4, 0.5) is 12.9 Å². The summed E-state index contributed by atoms with van der Waals surface area (Å²) in [6.45, 7) is -3.15. The summed E-state index contributed by atoms with van der Waals surface area (Å²) in [6.07, 6.45) is 1.59. The van der Waals surface area contributed by atoms with Gasteiger partial charge in [0, 0.05) is 11.6 Å². The maximum absolute atomic E-state index is 12.5. The molecule has 0 amide bonds. The van der Waals surface area contributed by atoms with Gasteiger partial charge in [-0.3, -0.25) is 4.98 Å². The second-order valence-corrected chi connectivity index (χ2v) is 3.48. The zero-order valence-electron chi connectivity index (χ0n) is 9.05. The molecule has 1 aromatic carbocycles. The second kappa shape index (κ2) is 5.18. The summed E-state index contributed by atoms with van der Waals surface area (Å²) >= 11 is 0. The van der Waals surface area contributed by atoms with E-state index < -0.39 is 12.4 Å². The largest absolute Gasteiger partial charge is 1.00 e. The minimum atomic E-state index is -4.93. The van der Waals surface area contributed by atoms with Gasteiger partial charge >= 0.3 is 58.4 Å². The summed E-state index contributed by atoms with van der Waals surface area (Å²) in [5.74, 6) is 0. The van der Waals surface area contributed by atoms with Gasteiger partial charge in [0.2, 0.25) is 0 Å². The van der Waals surface area contributed by atoms with Gasteiger partial charge in [0.05, 0.1) is 5.52 Å². The Balaban J connectivity index is 0.00000128. The average molecular weight is 249 g/mol. The molecule has 0 aliphatic carbocycles. The summed E-state index contributed by atoms with van der Waals surface area (Å²) in [6, 6.07) is 5.36. The molecule has 1 heterocycles. The maximum Gasteiger partial charge on any atom is 1.00 e. The molecule has 0 N–H and O–H groups in total. The van der Waals surface area contributed by atoms with Gasteiger partial charge in [-0.1, -0.05) is 12.1 Å². The van der Waals surface area contributed by atoms with Gasteiger partial charge < -0.3 is 12.9 Å². The van der Waals surface area contributed by atoms with Gasteiger partial charge in [-0.15, -0.1) is 5.46 Å². The first kappa shape index (κ1) is 14.2. The molecule has 0 bridgehead atoms. The van der Waals surface area contributed by atoms with Crippen molar-refractivity contribution in [3.63, 3.8) is 0 Å². The fourth-order valence-corrected chi connectivity index (χ4v) is 1.50. The van der Waals surface area contributed by atoms with Crippen molar-refractivity contribution in [2.75, 3.05) is 0 Å². The molecule has 0 atom stereocenters. The zero-order valence-corrected chi connectivity index (χ0v) is 12.2. The number of aromatic nitrogens is 1. The molecule has 1 aromatic heterocycles. The van der Waals surface area contributed by atoms with Crippen LogP contribution in [-0.4, -0.2) is 12.0 Å². The fourth-order valence-electron chi connectivity index (χ4n) is 1.50. The first-order valence-electron chi connectivity index (χ1n) is 4.54. The molecule has 1 nitrogen and oxygen atoms in total. The first-order valence-corrected chi connectivity index (χ1v) is 4.54. The molecule has 0 spiro atoms. The molecule has 16 heavy (non-hydrogen) atoms. The van der Waals surface area contributed by atoms with E-state index in [0.29, 0.717) is 10.9 Å². The van der Waals surface area contributed by atoms with E-state index in [9.17, 15) is 12.9 Å². The predicted molar refractivity (Wildman–Crippen MR) is 55.2 cm³/mol. The van der Waals surface area contributed by atoms with Crippen molar-refractivity contribution in [3.8, 4) is 0 Å². The quantitative estimate of drug-likeness (QED) is 0.627. The summed E-state index contributed by atoms with van der Waals surface area (Å²) in [4.78, 5) is 4.00. The number of pyridine rings is 1. The van der Waals surface area contributed by atoms with Gasteiger partial charge in [-0.05, 0) is 24.6 Å². The molecule has 0 aliphatic rings. The van der Waals surface area contributed by atoms with E-state index in [1.807, 2.05) is 0 Å². The third-order valence-electron chi connectivity index (χ3n) is 2.36. The summed E-state index contributed by atoms with van der Waals surface area (Å²) in [5, 5.41) is 0.564. The van der Waals surface area contributed by atoms with Crippen LogP contribution in [0.1, 0.15) is 5.56 Å². The molecule has 0 aliphatic heterocycles. The second-order valence-electron chi connectivity index (χ2n) is 3.48. The normalized spacial score (nSPS) is 11.2.